The molecule has 0 heterocycles. The molecular formula is C22H25N3O5S. The highest BCUT2D eigenvalue weighted by Crippen LogP contribution is 2.14. The number of nitrogens with one attached hydrogen (secondary N) is 3. The number of hydrogen-bond acceptors (Lipinski definition) is 6. The van der Waals surface area contributed by atoms with Gasteiger partial charge in [-0.05, 0) is 48.5 Å². The highest BCUT2D eigenvalue weighted by atomic mass is 32.1. The maximum absolute atomic E-state index is 12.2. The first kappa shape index (κ1) is 23.8. The van der Waals surface area contributed by atoms with E-state index < -0.39 is 17.8 Å². The van der Waals surface area contributed by atoms with Gasteiger partial charge < -0.3 is 14.8 Å². The van der Waals surface area contributed by atoms with Crippen LogP contribution in [0.4, 0.5) is 0 Å². The number of amides is 2. The van der Waals surface area contributed by atoms with Crippen LogP contribution in [-0.2, 0) is 20.9 Å². The molecule has 0 fully saturated rings. The highest BCUT2D eigenvalue weighted by Gasteiger charge is 2.11. The number of carbonyl (C=O) groups is 3. The Kier molecular flexibility index (Phi) is 9.96. The molecule has 2 aromatic rings. The van der Waals surface area contributed by atoms with E-state index in [0.717, 1.165) is 12.0 Å². The number of thiocarbonyl (C=S) groups is 1. The Balaban J connectivity index is 1.69. The zero-order valence-electron chi connectivity index (χ0n) is 17.2. The lowest BCUT2D eigenvalue weighted by atomic mass is 10.2. The summed E-state index contributed by atoms with van der Waals surface area (Å²) < 4.78 is 10.6. The molecule has 0 saturated carbocycles. The largest absolute Gasteiger partial charge is 0.489 e. The topological polar surface area (TPSA) is 106 Å². The summed E-state index contributed by atoms with van der Waals surface area (Å²) in [6.07, 6.45) is 0.608. The van der Waals surface area contributed by atoms with Crippen LogP contribution in [0, 0.1) is 0 Å². The lowest BCUT2D eigenvalue weighted by Gasteiger charge is -2.11. The van der Waals surface area contributed by atoms with Crippen molar-refractivity contribution in [3.8, 4) is 5.75 Å². The Hall–Kier alpha value is -3.46. The molecule has 9 heteroatoms. The zero-order valence-corrected chi connectivity index (χ0v) is 18.0. The molecule has 0 bridgehead atoms. The average Bonchev–Trinajstić information content (AvgIpc) is 2.79. The van der Waals surface area contributed by atoms with Crippen LogP contribution in [0.15, 0.2) is 54.6 Å². The predicted octanol–water partition coefficient (Wildman–Crippen LogP) is 2.63. The maximum atomic E-state index is 12.2. The molecule has 164 valence electrons. The third kappa shape index (κ3) is 9.26. The van der Waals surface area contributed by atoms with Gasteiger partial charge in [0, 0.05) is 12.0 Å². The number of benzene rings is 2. The molecule has 0 aliphatic rings. The van der Waals surface area contributed by atoms with Crippen molar-refractivity contribution >= 4 is 35.1 Å². The smallest absolute Gasteiger partial charge is 0.306 e. The summed E-state index contributed by atoms with van der Waals surface area (Å²) in [6, 6.07) is 16.3. The quantitative estimate of drug-likeness (QED) is 0.311. The number of hydrogen-bond donors (Lipinski definition) is 3. The molecular weight excluding hydrogens is 418 g/mol. The number of carbonyl (C=O) groups excluding carboxylic acids is 3. The van der Waals surface area contributed by atoms with E-state index in [2.05, 4.69) is 16.2 Å². The fourth-order valence-electron chi connectivity index (χ4n) is 2.35. The summed E-state index contributed by atoms with van der Waals surface area (Å²) >= 11 is 4.96. The highest BCUT2D eigenvalue weighted by molar-refractivity contribution is 7.80. The molecule has 2 aromatic carbocycles. The van der Waals surface area contributed by atoms with E-state index in [1.54, 1.807) is 24.3 Å². The Morgan fingerprint density at radius 3 is 2.32 bits per heavy atom. The Morgan fingerprint density at radius 2 is 1.65 bits per heavy atom. The fraction of sp³-hybridized carbons (Fsp3) is 0.273. The van der Waals surface area contributed by atoms with Crippen LogP contribution < -0.4 is 20.9 Å². The van der Waals surface area contributed by atoms with E-state index in [9.17, 15) is 14.4 Å². The minimum absolute atomic E-state index is 0.0422. The van der Waals surface area contributed by atoms with Gasteiger partial charge in [0.05, 0.1) is 13.0 Å². The van der Waals surface area contributed by atoms with Gasteiger partial charge in [-0.2, -0.15) is 0 Å². The molecule has 0 saturated heterocycles. The van der Waals surface area contributed by atoms with Crippen LogP contribution in [0.2, 0.25) is 0 Å². The van der Waals surface area contributed by atoms with Crippen molar-refractivity contribution < 1.29 is 23.9 Å². The Labute approximate surface area is 186 Å². The van der Waals surface area contributed by atoms with Crippen molar-refractivity contribution in [2.24, 2.45) is 0 Å². The van der Waals surface area contributed by atoms with E-state index >= 15 is 0 Å². The van der Waals surface area contributed by atoms with E-state index in [0.29, 0.717) is 24.5 Å². The normalized spacial score (nSPS) is 9.97. The van der Waals surface area contributed by atoms with Gasteiger partial charge in [-0.3, -0.25) is 25.2 Å². The third-order valence-electron chi connectivity index (χ3n) is 3.93. The molecule has 0 spiro atoms. The second-order valence-corrected chi connectivity index (χ2v) is 6.88. The summed E-state index contributed by atoms with van der Waals surface area (Å²) in [4.78, 5) is 35.4. The van der Waals surface area contributed by atoms with Crippen molar-refractivity contribution in [2.45, 2.75) is 32.8 Å². The number of esters is 1. The van der Waals surface area contributed by atoms with Crippen LogP contribution in [0.3, 0.4) is 0 Å². The molecule has 0 unspecified atom stereocenters. The number of ether oxygens (including phenoxy) is 2. The van der Waals surface area contributed by atoms with Gasteiger partial charge in [-0.1, -0.05) is 37.3 Å². The molecule has 3 N–H and O–H groups in total. The molecule has 0 aliphatic heterocycles. The summed E-state index contributed by atoms with van der Waals surface area (Å²) in [7, 11) is 0. The lowest BCUT2D eigenvalue weighted by Crippen LogP contribution is -2.48. The summed E-state index contributed by atoms with van der Waals surface area (Å²) in [5.74, 6) is -0.705. The van der Waals surface area contributed by atoms with Crippen LogP contribution >= 0.6 is 12.2 Å². The van der Waals surface area contributed by atoms with Gasteiger partial charge in [0.15, 0.2) is 5.11 Å². The van der Waals surface area contributed by atoms with Gasteiger partial charge in [0.2, 0.25) is 5.91 Å². The molecule has 0 aliphatic carbocycles. The van der Waals surface area contributed by atoms with E-state index in [1.807, 2.05) is 37.3 Å². The fourth-order valence-corrected chi connectivity index (χ4v) is 2.52. The molecule has 0 aromatic heterocycles. The maximum Gasteiger partial charge on any atom is 0.306 e. The van der Waals surface area contributed by atoms with Gasteiger partial charge in [0.1, 0.15) is 12.4 Å². The van der Waals surface area contributed by atoms with Crippen LogP contribution in [-0.4, -0.2) is 29.5 Å². The third-order valence-corrected chi connectivity index (χ3v) is 4.13. The van der Waals surface area contributed by atoms with Gasteiger partial charge in [-0.15, -0.1) is 0 Å². The Morgan fingerprint density at radius 1 is 0.935 bits per heavy atom. The predicted molar refractivity (Wildman–Crippen MR) is 119 cm³/mol. The van der Waals surface area contributed by atoms with Crippen LogP contribution in [0.5, 0.6) is 5.75 Å². The van der Waals surface area contributed by atoms with Crippen molar-refractivity contribution in [3.05, 3.63) is 65.7 Å². The molecule has 2 amide bonds. The van der Waals surface area contributed by atoms with Gasteiger partial charge >= 0.3 is 5.97 Å². The number of rotatable bonds is 9. The van der Waals surface area contributed by atoms with Gasteiger partial charge in [-0.25, -0.2) is 0 Å². The molecule has 8 nitrogen and oxygen atoms in total. The molecule has 31 heavy (non-hydrogen) atoms. The van der Waals surface area contributed by atoms with Crippen molar-refractivity contribution in [1.29, 1.82) is 0 Å². The van der Waals surface area contributed by atoms with E-state index in [1.165, 1.54) is 0 Å². The molecule has 0 atom stereocenters. The van der Waals surface area contributed by atoms with Crippen LogP contribution in [0.25, 0.3) is 0 Å². The first-order valence-electron chi connectivity index (χ1n) is 9.80. The van der Waals surface area contributed by atoms with E-state index in [-0.39, 0.29) is 18.0 Å². The SMILES string of the molecule is CCCOC(=O)CCC(=O)NC(=S)NNC(=O)c1ccc(OCc2ccccc2)cc1. The summed E-state index contributed by atoms with van der Waals surface area (Å²) in [5, 5.41) is 2.30. The standard InChI is InChI=1S/C22H25N3O5S/c1-2-14-29-20(27)13-12-19(26)23-22(31)25-24-21(28)17-8-10-18(11-9-17)30-15-16-6-4-3-5-7-16/h3-11H,2,12-15H2,1H3,(H,24,28)(H2,23,25,26,31). The average molecular weight is 444 g/mol. The van der Waals surface area contributed by atoms with Crippen LogP contribution in [0.1, 0.15) is 42.1 Å². The monoisotopic (exact) mass is 443 g/mol. The van der Waals surface area contributed by atoms with Gasteiger partial charge in [0.25, 0.3) is 5.91 Å². The summed E-state index contributed by atoms with van der Waals surface area (Å²) in [5.41, 5.74) is 6.27. The minimum Gasteiger partial charge on any atom is -0.489 e. The van der Waals surface area contributed by atoms with E-state index in [4.69, 9.17) is 21.7 Å². The Bertz CT molecular complexity index is 888. The second kappa shape index (κ2) is 13.0. The first-order chi connectivity index (χ1) is 15.0. The number of hydrazine groups is 1. The first-order valence-corrected chi connectivity index (χ1v) is 10.2. The van der Waals surface area contributed by atoms with Crippen molar-refractivity contribution in [1.82, 2.24) is 16.2 Å². The van der Waals surface area contributed by atoms with Crippen molar-refractivity contribution in [3.63, 3.8) is 0 Å². The summed E-state index contributed by atoms with van der Waals surface area (Å²) in [6.45, 7) is 2.64. The molecule has 0 radical (unpaired) electrons. The molecule has 2 rings (SSSR count). The zero-order chi connectivity index (χ0) is 22.5. The second-order valence-electron chi connectivity index (χ2n) is 6.48. The lowest BCUT2D eigenvalue weighted by molar-refractivity contribution is -0.144. The minimum atomic E-state index is -0.458. The van der Waals surface area contributed by atoms with Crippen molar-refractivity contribution in [2.75, 3.05) is 6.61 Å².